The van der Waals surface area contributed by atoms with E-state index in [0.29, 0.717) is 16.7 Å². The van der Waals surface area contributed by atoms with Gasteiger partial charge in [0.05, 0.1) is 5.25 Å². The Balaban J connectivity index is 2.01. The maximum Gasteiger partial charge on any atom is 0.239 e. The molecule has 2 rings (SSSR count). The number of aryl methyl sites for hydroxylation is 1. The van der Waals surface area contributed by atoms with Gasteiger partial charge in [-0.1, -0.05) is 18.7 Å². The largest absolute Gasteiger partial charge is 0.301 e. The molecule has 5 nitrogen and oxygen atoms in total. The summed E-state index contributed by atoms with van der Waals surface area (Å²) < 4.78 is 0. The predicted octanol–water partition coefficient (Wildman–Crippen LogP) is 2.75. The van der Waals surface area contributed by atoms with Gasteiger partial charge in [0.1, 0.15) is 0 Å². The van der Waals surface area contributed by atoms with E-state index in [-0.39, 0.29) is 11.2 Å². The molecule has 100 valence electrons. The zero-order chi connectivity index (χ0) is 13.7. The van der Waals surface area contributed by atoms with Crippen molar-refractivity contribution in [1.29, 1.82) is 0 Å². The fourth-order valence-corrected chi connectivity index (χ4v) is 2.84. The first kappa shape index (κ1) is 14.0. The predicted molar refractivity (Wildman–Crippen MR) is 77.4 cm³/mol. The highest BCUT2D eigenvalue weighted by atomic mass is 32.2. The molecular weight excluding hydrogens is 280 g/mol. The Labute approximate surface area is 119 Å². The van der Waals surface area contributed by atoms with Gasteiger partial charge in [0, 0.05) is 23.5 Å². The number of nitrogens with one attached hydrogen (secondary N) is 1. The van der Waals surface area contributed by atoms with Gasteiger partial charge in [-0.15, -0.1) is 11.3 Å². The fraction of sp³-hybridized carbons (Fsp3) is 0.333. The fourth-order valence-electron chi connectivity index (χ4n) is 1.40. The lowest BCUT2D eigenvalue weighted by atomic mass is 10.3. The first-order valence-corrected chi connectivity index (χ1v) is 7.61. The maximum absolute atomic E-state index is 12.1. The van der Waals surface area contributed by atoms with E-state index in [2.05, 4.69) is 20.3 Å². The molecule has 2 heterocycles. The van der Waals surface area contributed by atoms with Crippen molar-refractivity contribution in [3.63, 3.8) is 0 Å². The van der Waals surface area contributed by atoms with Crippen LogP contribution in [0.1, 0.15) is 19.0 Å². The van der Waals surface area contributed by atoms with Crippen molar-refractivity contribution >= 4 is 34.1 Å². The molecule has 0 spiro atoms. The quantitative estimate of drug-likeness (QED) is 0.678. The van der Waals surface area contributed by atoms with Crippen molar-refractivity contribution in [2.45, 2.75) is 30.7 Å². The molecule has 1 unspecified atom stereocenters. The standard InChI is InChI=1S/C12H14N4OS2/c1-3-9(10(17)16-11-14-6-7-18-11)19-12-13-5-4-8(2)15-12/h4-7,9H,3H2,1-2H3,(H,14,16,17). The molecule has 7 heteroatoms. The van der Waals surface area contributed by atoms with Crippen LogP contribution in [0.2, 0.25) is 0 Å². The van der Waals surface area contributed by atoms with Gasteiger partial charge < -0.3 is 5.32 Å². The van der Waals surface area contributed by atoms with Gasteiger partial charge in [0.2, 0.25) is 5.91 Å². The molecule has 1 N–H and O–H groups in total. The van der Waals surface area contributed by atoms with Crippen LogP contribution in [0.4, 0.5) is 5.13 Å². The molecule has 0 saturated carbocycles. The van der Waals surface area contributed by atoms with Crippen molar-refractivity contribution in [3.05, 3.63) is 29.5 Å². The molecule has 2 aromatic heterocycles. The number of thiazole rings is 1. The first-order chi connectivity index (χ1) is 9.19. The number of hydrogen-bond acceptors (Lipinski definition) is 6. The molecule has 1 amide bonds. The molecule has 0 radical (unpaired) electrons. The number of nitrogens with zero attached hydrogens (tertiary/aromatic N) is 3. The van der Waals surface area contributed by atoms with Crippen LogP contribution in [0.3, 0.4) is 0 Å². The molecule has 0 aliphatic heterocycles. The Kier molecular flexibility index (Phi) is 4.86. The number of anilines is 1. The van der Waals surface area contributed by atoms with Crippen LogP contribution < -0.4 is 5.32 Å². The SMILES string of the molecule is CCC(Sc1nccc(C)n1)C(=O)Nc1nccs1. The molecule has 19 heavy (non-hydrogen) atoms. The number of thioether (sulfide) groups is 1. The summed E-state index contributed by atoms with van der Waals surface area (Å²) in [6.07, 6.45) is 4.08. The van der Waals surface area contributed by atoms with Gasteiger partial charge in [-0.05, 0) is 19.4 Å². The van der Waals surface area contributed by atoms with Crippen LogP contribution >= 0.6 is 23.1 Å². The molecule has 1 atom stereocenters. The zero-order valence-electron chi connectivity index (χ0n) is 10.7. The molecule has 0 saturated heterocycles. The molecule has 0 aromatic carbocycles. The molecule has 0 aliphatic rings. The first-order valence-electron chi connectivity index (χ1n) is 5.85. The summed E-state index contributed by atoms with van der Waals surface area (Å²) in [6, 6.07) is 1.83. The van der Waals surface area contributed by atoms with E-state index in [1.54, 1.807) is 12.4 Å². The zero-order valence-corrected chi connectivity index (χ0v) is 12.3. The highest BCUT2D eigenvalue weighted by molar-refractivity contribution is 8.00. The molecule has 0 bridgehead atoms. The maximum atomic E-state index is 12.1. The Morgan fingerprint density at radius 1 is 1.47 bits per heavy atom. The second-order valence-electron chi connectivity index (χ2n) is 3.82. The molecular formula is C12H14N4OS2. The van der Waals surface area contributed by atoms with E-state index in [4.69, 9.17) is 0 Å². The average Bonchev–Trinajstić information content (AvgIpc) is 2.88. The van der Waals surface area contributed by atoms with Gasteiger partial charge >= 0.3 is 0 Å². The van der Waals surface area contributed by atoms with Gasteiger partial charge in [0.25, 0.3) is 0 Å². The van der Waals surface area contributed by atoms with Crippen LogP contribution in [0.5, 0.6) is 0 Å². The van der Waals surface area contributed by atoms with Gasteiger partial charge in [-0.2, -0.15) is 0 Å². The second-order valence-corrected chi connectivity index (χ2v) is 5.89. The van der Waals surface area contributed by atoms with E-state index >= 15 is 0 Å². The van der Waals surface area contributed by atoms with E-state index in [0.717, 1.165) is 5.69 Å². The number of carbonyl (C=O) groups is 1. The van der Waals surface area contributed by atoms with Crippen molar-refractivity contribution in [2.24, 2.45) is 0 Å². The molecule has 0 aliphatic carbocycles. The number of aromatic nitrogens is 3. The highest BCUT2D eigenvalue weighted by Gasteiger charge is 2.20. The van der Waals surface area contributed by atoms with Crippen molar-refractivity contribution in [1.82, 2.24) is 15.0 Å². The lowest BCUT2D eigenvalue weighted by molar-refractivity contribution is -0.115. The Bertz CT molecular complexity index is 544. The summed E-state index contributed by atoms with van der Waals surface area (Å²) in [5.74, 6) is -0.0624. The monoisotopic (exact) mass is 294 g/mol. The topological polar surface area (TPSA) is 67.8 Å². The summed E-state index contributed by atoms with van der Waals surface area (Å²) in [4.78, 5) is 24.6. The van der Waals surface area contributed by atoms with Crippen molar-refractivity contribution in [3.8, 4) is 0 Å². The minimum Gasteiger partial charge on any atom is -0.301 e. The van der Waals surface area contributed by atoms with Gasteiger partial charge in [-0.25, -0.2) is 15.0 Å². The lowest BCUT2D eigenvalue weighted by Crippen LogP contribution is -2.24. The van der Waals surface area contributed by atoms with Crippen LogP contribution in [0.25, 0.3) is 0 Å². The summed E-state index contributed by atoms with van der Waals surface area (Å²) in [5, 5.41) is 5.66. The number of carbonyl (C=O) groups excluding carboxylic acids is 1. The third-order valence-electron chi connectivity index (χ3n) is 2.35. The van der Waals surface area contributed by atoms with Gasteiger partial charge in [-0.3, -0.25) is 4.79 Å². The molecule has 2 aromatic rings. The minimum absolute atomic E-state index is 0.0624. The van der Waals surface area contributed by atoms with Crippen LogP contribution in [-0.4, -0.2) is 26.1 Å². The molecule has 0 fully saturated rings. The van der Waals surface area contributed by atoms with Crippen molar-refractivity contribution < 1.29 is 4.79 Å². The Morgan fingerprint density at radius 2 is 2.32 bits per heavy atom. The summed E-state index contributed by atoms with van der Waals surface area (Å²) in [7, 11) is 0. The minimum atomic E-state index is -0.217. The Morgan fingerprint density at radius 3 is 2.95 bits per heavy atom. The van der Waals surface area contributed by atoms with E-state index in [1.165, 1.54) is 23.1 Å². The number of amides is 1. The second kappa shape index (κ2) is 6.63. The number of rotatable bonds is 5. The summed E-state index contributed by atoms with van der Waals surface area (Å²) >= 11 is 2.78. The lowest BCUT2D eigenvalue weighted by Gasteiger charge is -2.12. The average molecular weight is 294 g/mol. The third kappa shape index (κ3) is 4.00. The summed E-state index contributed by atoms with van der Waals surface area (Å²) in [6.45, 7) is 3.87. The highest BCUT2D eigenvalue weighted by Crippen LogP contribution is 2.23. The normalized spacial score (nSPS) is 12.1. The van der Waals surface area contributed by atoms with E-state index < -0.39 is 0 Å². The van der Waals surface area contributed by atoms with Crippen LogP contribution in [-0.2, 0) is 4.79 Å². The van der Waals surface area contributed by atoms with Crippen molar-refractivity contribution in [2.75, 3.05) is 5.32 Å². The van der Waals surface area contributed by atoms with E-state index in [1.807, 2.05) is 25.3 Å². The van der Waals surface area contributed by atoms with Gasteiger partial charge in [0.15, 0.2) is 10.3 Å². The Hall–Kier alpha value is -1.47. The summed E-state index contributed by atoms with van der Waals surface area (Å²) in [5.41, 5.74) is 0.896. The number of hydrogen-bond donors (Lipinski definition) is 1. The smallest absolute Gasteiger partial charge is 0.239 e. The van der Waals surface area contributed by atoms with E-state index in [9.17, 15) is 4.79 Å². The van der Waals surface area contributed by atoms with Crippen LogP contribution in [0.15, 0.2) is 29.0 Å². The van der Waals surface area contributed by atoms with Crippen LogP contribution in [0, 0.1) is 6.92 Å². The third-order valence-corrected chi connectivity index (χ3v) is 4.27.